The van der Waals surface area contributed by atoms with E-state index in [1.54, 1.807) is 6.07 Å². The zero-order chi connectivity index (χ0) is 17.6. The van der Waals surface area contributed by atoms with Crippen LogP contribution in [0.5, 0.6) is 0 Å². The highest BCUT2D eigenvalue weighted by molar-refractivity contribution is 6.05. The van der Waals surface area contributed by atoms with Gasteiger partial charge in [0.25, 0.3) is 5.91 Å². The number of imide groups is 1. The molecule has 6 nitrogen and oxygen atoms in total. The predicted octanol–water partition coefficient (Wildman–Crippen LogP) is 1.05. The van der Waals surface area contributed by atoms with Crippen molar-refractivity contribution in [2.24, 2.45) is 0 Å². The summed E-state index contributed by atoms with van der Waals surface area (Å²) in [6.07, 6.45) is 2.28. The average molecular weight is 345 g/mol. The monoisotopic (exact) mass is 345 g/mol. The molecule has 2 saturated heterocycles. The van der Waals surface area contributed by atoms with Crippen LogP contribution in [0.4, 0.5) is 4.39 Å². The molecule has 0 spiro atoms. The number of hydrogen-bond acceptors (Lipinski definition) is 4. The number of nitrogens with zero attached hydrogens (tertiary/aromatic N) is 1. The van der Waals surface area contributed by atoms with Crippen molar-refractivity contribution in [2.75, 3.05) is 13.1 Å². The van der Waals surface area contributed by atoms with Crippen LogP contribution < -0.4 is 10.6 Å². The van der Waals surface area contributed by atoms with Gasteiger partial charge < -0.3 is 10.2 Å². The molecule has 3 amide bonds. The lowest BCUT2D eigenvalue weighted by Gasteiger charge is -2.29. The van der Waals surface area contributed by atoms with Gasteiger partial charge in [-0.3, -0.25) is 19.7 Å². The molecule has 1 aromatic carbocycles. The molecular weight excluding hydrogens is 325 g/mol. The first kappa shape index (κ1) is 16.2. The Morgan fingerprint density at radius 3 is 2.56 bits per heavy atom. The standard InChI is InChI=1S/C18H20FN3O3/c19-14-8-13-11(7-12(14)10-3-5-20-6-4-10)9-22(18(13)25)15-1-2-16(23)21-17(15)24/h7-8,10,15,20H,1-6,9H2,(H,21,23,24)/t15-/m0/s1. The van der Waals surface area contributed by atoms with Crippen molar-refractivity contribution >= 4 is 17.7 Å². The van der Waals surface area contributed by atoms with Gasteiger partial charge in [0.15, 0.2) is 0 Å². The summed E-state index contributed by atoms with van der Waals surface area (Å²) in [7, 11) is 0. The highest BCUT2D eigenvalue weighted by atomic mass is 19.1. The summed E-state index contributed by atoms with van der Waals surface area (Å²) >= 11 is 0. The highest BCUT2D eigenvalue weighted by Crippen LogP contribution is 2.34. The van der Waals surface area contributed by atoms with Gasteiger partial charge in [0, 0.05) is 18.5 Å². The Balaban J connectivity index is 1.60. The molecule has 0 saturated carbocycles. The van der Waals surface area contributed by atoms with E-state index in [-0.39, 0.29) is 30.0 Å². The lowest BCUT2D eigenvalue weighted by molar-refractivity contribution is -0.136. The first-order chi connectivity index (χ1) is 12.0. The maximum absolute atomic E-state index is 14.6. The summed E-state index contributed by atoms with van der Waals surface area (Å²) < 4.78 is 14.6. The molecule has 4 rings (SSSR count). The molecule has 1 aromatic rings. The zero-order valence-electron chi connectivity index (χ0n) is 13.8. The Bertz CT molecular complexity index is 758. The first-order valence-corrected chi connectivity index (χ1v) is 8.72. The molecule has 0 radical (unpaired) electrons. The third kappa shape index (κ3) is 2.82. The van der Waals surface area contributed by atoms with Crippen LogP contribution in [-0.2, 0) is 16.1 Å². The quantitative estimate of drug-likeness (QED) is 0.786. The fourth-order valence-corrected chi connectivity index (χ4v) is 4.05. The number of nitrogens with one attached hydrogen (secondary N) is 2. The van der Waals surface area contributed by atoms with Crippen molar-refractivity contribution in [3.8, 4) is 0 Å². The van der Waals surface area contributed by atoms with Gasteiger partial charge >= 0.3 is 0 Å². The Morgan fingerprint density at radius 1 is 1.08 bits per heavy atom. The van der Waals surface area contributed by atoms with E-state index in [0.29, 0.717) is 24.1 Å². The van der Waals surface area contributed by atoms with Crippen molar-refractivity contribution in [3.05, 3.63) is 34.6 Å². The molecule has 7 heteroatoms. The minimum atomic E-state index is -0.664. The van der Waals surface area contributed by atoms with Crippen molar-refractivity contribution in [3.63, 3.8) is 0 Å². The molecule has 3 aliphatic rings. The Kier molecular flexibility index (Phi) is 4.03. The molecule has 0 aromatic heterocycles. The van der Waals surface area contributed by atoms with Gasteiger partial charge in [-0.1, -0.05) is 6.07 Å². The molecule has 0 aliphatic carbocycles. The number of carbonyl (C=O) groups is 3. The van der Waals surface area contributed by atoms with Crippen LogP contribution >= 0.6 is 0 Å². The van der Waals surface area contributed by atoms with Crippen LogP contribution in [-0.4, -0.2) is 41.8 Å². The van der Waals surface area contributed by atoms with E-state index in [0.717, 1.165) is 31.5 Å². The molecule has 2 fully saturated rings. The largest absolute Gasteiger partial charge is 0.322 e. The van der Waals surface area contributed by atoms with E-state index < -0.39 is 11.9 Å². The summed E-state index contributed by atoms with van der Waals surface area (Å²) in [5.41, 5.74) is 1.77. The zero-order valence-corrected chi connectivity index (χ0v) is 13.8. The smallest absolute Gasteiger partial charge is 0.255 e. The molecular formula is C18H20FN3O3. The molecule has 25 heavy (non-hydrogen) atoms. The molecule has 3 heterocycles. The maximum Gasteiger partial charge on any atom is 0.255 e. The SMILES string of the molecule is O=C1CC[C@H](N2Cc3cc(C4CCNCC4)c(F)cc3C2=O)C(=O)N1. The highest BCUT2D eigenvalue weighted by Gasteiger charge is 2.39. The second kappa shape index (κ2) is 6.22. The van der Waals surface area contributed by atoms with Gasteiger partial charge in [-0.2, -0.15) is 0 Å². The lowest BCUT2D eigenvalue weighted by atomic mass is 9.88. The van der Waals surface area contributed by atoms with Crippen molar-refractivity contribution < 1.29 is 18.8 Å². The average Bonchev–Trinajstić information content (AvgIpc) is 2.91. The van der Waals surface area contributed by atoms with Crippen LogP contribution in [0.3, 0.4) is 0 Å². The van der Waals surface area contributed by atoms with Gasteiger partial charge in [0.2, 0.25) is 11.8 Å². The molecule has 0 unspecified atom stereocenters. The second-order valence-corrected chi connectivity index (χ2v) is 6.96. The Labute approximate surface area is 144 Å². The van der Waals surface area contributed by atoms with Crippen molar-refractivity contribution in [1.29, 1.82) is 0 Å². The number of benzene rings is 1. The summed E-state index contributed by atoms with van der Waals surface area (Å²) in [6, 6.07) is 2.45. The molecule has 0 bridgehead atoms. The number of halogens is 1. The maximum atomic E-state index is 14.6. The van der Waals surface area contributed by atoms with Gasteiger partial charge in [0.05, 0.1) is 0 Å². The molecule has 132 valence electrons. The van der Waals surface area contributed by atoms with Gasteiger partial charge in [-0.15, -0.1) is 0 Å². The topological polar surface area (TPSA) is 78.5 Å². The number of fused-ring (bicyclic) bond motifs is 1. The van der Waals surface area contributed by atoms with Crippen molar-refractivity contribution in [2.45, 2.75) is 44.2 Å². The van der Waals surface area contributed by atoms with E-state index in [2.05, 4.69) is 10.6 Å². The van der Waals surface area contributed by atoms with Gasteiger partial charge in [-0.25, -0.2) is 4.39 Å². The minimum Gasteiger partial charge on any atom is -0.322 e. The number of amides is 3. The summed E-state index contributed by atoms with van der Waals surface area (Å²) in [5.74, 6) is -1.28. The fourth-order valence-electron chi connectivity index (χ4n) is 4.05. The van der Waals surface area contributed by atoms with E-state index in [4.69, 9.17) is 0 Å². The van der Waals surface area contributed by atoms with Crippen molar-refractivity contribution in [1.82, 2.24) is 15.5 Å². The van der Waals surface area contributed by atoms with Crippen LogP contribution in [0, 0.1) is 5.82 Å². The van der Waals surface area contributed by atoms with Gasteiger partial charge in [-0.05, 0) is 55.5 Å². The second-order valence-electron chi connectivity index (χ2n) is 6.96. The molecule has 3 aliphatic heterocycles. The summed E-state index contributed by atoms with van der Waals surface area (Å²) in [5, 5.41) is 5.54. The van der Waals surface area contributed by atoms with Gasteiger partial charge in [0.1, 0.15) is 11.9 Å². The normalized spacial score (nSPS) is 24.4. The van der Waals surface area contributed by atoms with Crippen LogP contribution in [0.1, 0.15) is 53.1 Å². The third-order valence-corrected chi connectivity index (χ3v) is 5.42. The number of hydrogen-bond donors (Lipinski definition) is 2. The summed E-state index contributed by atoms with van der Waals surface area (Å²) in [4.78, 5) is 37.5. The molecule has 2 N–H and O–H groups in total. The molecule has 1 atom stereocenters. The predicted molar refractivity (Wildman–Crippen MR) is 87.3 cm³/mol. The number of rotatable bonds is 2. The Hall–Kier alpha value is -2.28. The van der Waals surface area contributed by atoms with Crippen LogP contribution in [0.15, 0.2) is 12.1 Å². The third-order valence-electron chi connectivity index (χ3n) is 5.42. The van der Waals surface area contributed by atoms with Crippen LogP contribution in [0.25, 0.3) is 0 Å². The Morgan fingerprint density at radius 2 is 1.84 bits per heavy atom. The van der Waals surface area contributed by atoms with E-state index >= 15 is 0 Å². The van der Waals surface area contributed by atoms with E-state index in [1.807, 2.05) is 0 Å². The lowest BCUT2D eigenvalue weighted by Crippen LogP contribution is -2.52. The number of piperidine rings is 2. The fraction of sp³-hybridized carbons (Fsp3) is 0.500. The first-order valence-electron chi connectivity index (χ1n) is 8.72. The van der Waals surface area contributed by atoms with E-state index in [9.17, 15) is 18.8 Å². The summed E-state index contributed by atoms with van der Waals surface area (Å²) in [6.45, 7) is 2.02. The van der Waals surface area contributed by atoms with E-state index in [1.165, 1.54) is 11.0 Å². The minimum absolute atomic E-state index is 0.159. The number of carbonyl (C=O) groups excluding carboxylic acids is 3. The van der Waals surface area contributed by atoms with Crippen LogP contribution in [0.2, 0.25) is 0 Å².